The van der Waals surface area contributed by atoms with Gasteiger partial charge in [0, 0.05) is 0 Å². The van der Waals surface area contributed by atoms with Crippen LogP contribution in [0.4, 0.5) is 0 Å². The minimum absolute atomic E-state index is 0.909. The van der Waals surface area contributed by atoms with E-state index in [1.807, 2.05) is 60.7 Å². The van der Waals surface area contributed by atoms with Gasteiger partial charge in [0.1, 0.15) is 0 Å². The summed E-state index contributed by atoms with van der Waals surface area (Å²) in [6.45, 7) is 27.0. The van der Waals surface area contributed by atoms with E-state index in [2.05, 4.69) is 164 Å². The molecule has 0 saturated heterocycles. The second-order valence-corrected chi connectivity index (χ2v) is 24.4. The third-order valence-corrected chi connectivity index (χ3v) is 23.9. The Balaban J connectivity index is 0.000000206. The van der Waals surface area contributed by atoms with Crippen LogP contribution in [0, 0.1) is 83.1 Å². The summed E-state index contributed by atoms with van der Waals surface area (Å²) in [7, 11) is 0. The Morgan fingerprint density at radius 3 is 0.596 bits per heavy atom. The number of hydrogen-bond donors (Lipinski definition) is 0. The van der Waals surface area contributed by atoms with Gasteiger partial charge < -0.3 is 0 Å². The van der Waals surface area contributed by atoms with Crippen LogP contribution in [0.15, 0.2) is 109 Å². The molecule has 0 heterocycles. The van der Waals surface area contributed by atoms with E-state index in [-0.39, 0.29) is 0 Å². The van der Waals surface area contributed by atoms with Crippen molar-refractivity contribution in [1.29, 1.82) is 0 Å². The molecule has 0 aromatic heterocycles. The van der Waals surface area contributed by atoms with Crippen LogP contribution in [0.25, 0.3) is 0 Å². The van der Waals surface area contributed by atoms with Crippen LogP contribution in [-0.2, 0) is 0 Å². The van der Waals surface area contributed by atoms with E-state index in [1.54, 1.807) is 13.3 Å². The molecule has 6 aromatic rings. The van der Waals surface area contributed by atoms with Crippen LogP contribution in [0.3, 0.4) is 0 Å². The normalized spacial score (nSPS) is 10.1. The number of rotatable bonds is 4. The van der Waals surface area contributed by atoms with Crippen molar-refractivity contribution in [1.82, 2.24) is 0 Å². The molecule has 0 spiro atoms. The SMILES string of the molecule is Cc1cc(C)[c]([In][c]2c(C)cc(C)cc2C)c(C)c1.Cc1cc(C)[c]([In][c]2c(C)cc(C)cc2C)c(C)c1.[Se]c1ccccc1.[Se]c1ccccc1. The predicted molar refractivity (Wildman–Crippen MR) is 236 cm³/mol. The molecule has 0 fully saturated rings. The van der Waals surface area contributed by atoms with Crippen molar-refractivity contribution in [3.05, 3.63) is 176 Å². The molecule has 0 N–H and O–H groups in total. The van der Waals surface area contributed by atoms with Gasteiger partial charge in [0.2, 0.25) is 0 Å². The van der Waals surface area contributed by atoms with E-state index in [1.165, 1.54) is 75.7 Å². The summed E-state index contributed by atoms with van der Waals surface area (Å²) >= 11 is 3.99. The van der Waals surface area contributed by atoms with Gasteiger partial charge >= 0.3 is 359 Å². The molecule has 0 aliphatic rings. The Labute approximate surface area is 355 Å². The molecule has 0 saturated carbocycles. The van der Waals surface area contributed by atoms with Crippen LogP contribution in [0.2, 0.25) is 0 Å². The first-order valence-electron chi connectivity index (χ1n) is 18.0. The fourth-order valence-electron chi connectivity index (χ4n) is 6.81. The summed E-state index contributed by atoms with van der Waals surface area (Å²) in [6, 6.07) is 38.9. The number of aryl methyl sites for hydroxylation is 12. The van der Waals surface area contributed by atoms with Gasteiger partial charge in [0.15, 0.2) is 0 Å². The molecule has 52 heavy (non-hydrogen) atoms. The topological polar surface area (TPSA) is 0 Å². The van der Waals surface area contributed by atoms with E-state index >= 15 is 0 Å². The van der Waals surface area contributed by atoms with Crippen molar-refractivity contribution in [2.24, 2.45) is 0 Å². The first-order valence-corrected chi connectivity index (χ1v) is 26.3. The fourth-order valence-corrected chi connectivity index (χ4v) is 16.2. The Bertz CT molecular complexity index is 1710. The molecule has 0 nitrogen and oxygen atoms in total. The van der Waals surface area contributed by atoms with Crippen LogP contribution >= 0.6 is 0 Å². The summed E-state index contributed by atoms with van der Waals surface area (Å²) in [5.74, 6) is 0. The van der Waals surface area contributed by atoms with E-state index in [0.717, 1.165) is 0 Å². The molecule has 6 aromatic carbocycles. The second-order valence-electron chi connectivity index (χ2n) is 14.2. The van der Waals surface area contributed by atoms with E-state index in [9.17, 15) is 0 Å². The maximum atomic E-state index is 2.90. The van der Waals surface area contributed by atoms with Crippen LogP contribution in [0.5, 0.6) is 0 Å². The van der Waals surface area contributed by atoms with Gasteiger partial charge in [-0.15, -0.1) is 0 Å². The van der Waals surface area contributed by atoms with Crippen molar-refractivity contribution in [2.75, 3.05) is 0 Å². The summed E-state index contributed by atoms with van der Waals surface area (Å²) in [5.41, 5.74) is 17.5. The van der Waals surface area contributed by atoms with Gasteiger partial charge in [-0.1, -0.05) is 0 Å². The second kappa shape index (κ2) is 21.9. The Hall–Kier alpha value is -1.90. The Kier molecular flexibility index (Phi) is 18.7. The number of hydrogen-bond acceptors (Lipinski definition) is 0. The zero-order valence-corrected chi connectivity index (χ0v) is 43.4. The molecule has 0 aliphatic heterocycles. The first kappa shape index (κ1) is 44.5. The Morgan fingerprint density at radius 1 is 0.288 bits per heavy atom. The molecular weight excluding hydrogens is 964 g/mol. The van der Waals surface area contributed by atoms with Crippen molar-refractivity contribution in [2.45, 2.75) is 83.1 Å². The van der Waals surface area contributed by atoms with Crippen molar-refractivity contribution < 1.29 is 0 Å². The molecule has 0 aliphatic carbocycles. The maximum absolute atomic E-state index is 2.90. The molecule has 0 unspecified atom stereocenters. The molecule has 4 radical (unpaired) electrons. The molecule has 0 bridgehead atoms. The monoisotopic (exact) mass is 1020 g/mol. The molecule has 6 rings (SSSR count). The molecule has 264 valence electrons. The van der Waals surface area contributed by atoms with Gasteiger partial charge in [0.25, 0.3) is 0 Å². The summed E-state index contributed by atoms with van der Waals surface area (Å²) < 4.78 is 9.10. The minimum atomic E-state index is -0.909. The van der Waals surface area contributed by atoms with Crippen molar-refractivity contribution in [3.8, 4) is 0 Å². The van der Waals surface area contributed by atoms with E-state index in [4.69, 9.17) is 0 Å². The van der Waals surface area contributed by atoms with Gasteiger partial charge in [0.05, 0.1) is 0 Å². The van der Waals surface area contributed by atoms with Crippen LogP contribution < -0.4 is 22.2 Å². The Morgan fingerprint density at radius 2 is 0.462 bits per heavy atom. The van der Waals surface area contributed by atoms with Gasteiger partial charge in [-0.3, -0.25) is 0 Å². The quantitative estimate of drug-likeness (QED) is 0.162. The first-order chi connectivity index (χ1) is 24.5. The summed E-state index contributed by atoms with van der Waals surface area (Å²) in [6.07, 6.45) is 0. The van der Waals surface area contributed by atoms with Gasteiger partial charge in [-0.2, -0.15) is 0 Å². The summed E-state index contributed by atoms with van der Waals surface area (Å²) in [4.78, 5) is 0. The molecule has 0 amide bonds. The zero-order chi connectivity index (χ0) is 38.5. The van der Waals surface area contributed by atoms with Crippen molar-refractivity contribution >= 4 is 100 Å². The summed E-state index contributed by atoms with van der Waals surface area (Å²) in [5, 5.41) is 0. The van der Waals surface area contributed by atoms with Crippen LogP contribution in [-0.4, -0.2) is 77.8 Å². The molecule has 0 atom stereocenters. The number of benzene rings is 6. The molecular formula is C48H54In2Se2. The third kappa shape index (κ3) is 14.4. The van der Waals surface area contributed by atoms with Gasteiger partial charge in [-0.05, 0) is 0 Å². The van der Waals surface area contributed by atoms with E-state index in [0.29, 0.717) is 0 Å². The predicted octanol–water partition coefficient (Wildman–Crippen LogP) is 7.35. The third-order valence-electron chi connectivity index (χ3n) is 9.02. The van der Waals surface area contributed by atoms with Crippen molar-refractivity contribution in [3.63, 3.8) is 0 Å². The molecule has 4 heteroatoms. The van der Waals surface area contributed by atoms with E-state index < -0.39 is 45.8 Å². The average molecular weight is 1020 g/mol. The fraction of sp³-hybridized carbons (Fsp3) is 0.250. The standard InChI is InChI=1S/4C9H11.2C6H5Se.2In/c4*1-7-4-8(2)6-9(3)5-7;2*7-6-4-2-1-3-5-6;;/h4*4-5H,1-3H3;2*1-5H;;. The van der Waals surface area contributed by atoms with Crippen LogP contribution in [0.1, 0.15) is 66.8 Å². The average Bonchev–Trinajstić information content (AvgIpc) is 3.04. The zero-order valence-electron chi connectivity index (χ0n) is 33.4. The van der Waals surface area contributed by atoms with Gasteiger partial charge in [-0.25, -0.2) is 0 Å².